The fourth-order valence-electron chi connectivity index (χ4n) is 0.244. The molecule has 0 saturated heterocycles. The van der Waals surface area contributed by atoms with Gasteiger partial charge in [-0.05, 0) is 20.0 Å². The highest BCUT2D eigenvalue weighted by Gasteiger charge is 2.24. The first kappa shape index (κ1) is 14.4. The van der Waals surface area contributed by atoms with Gasteiger partial charge in [-0.15, -0.1) is 0 Å². The Bertz CT molecular complexity index is 103. The molecule has 6 heteroatoms. The zero-order valence-corrected chi connectivity index (χ0v) is 8.20. The van der Waals surface area contributed by atoms with Crippen molar-refractivity contribution in [2.45, 2.75) is 12.6 Å². The summed E-state index contributed by atoms with van der Waals surface area (Å²) in [5.74, 6) is 0. The third kappa shape index (κ3) is 22.5. The van der Waals surface area contributed by atoms with Crippen molar-refractivity contribution in [3.63, 3.8) is 0 Å². The van der Waals surface area contributed by atoms with Gasteiger partial charge in [0.05, 0.1) is 0 Å². The van der Waals surface area contributed by atoms with Crippen molar-refractivity contribution in [3.05, 3.63) is 0 Å². The standard InChI is InChI=1S/C4H10BrN.C2HF3O/c1-6-4-2-3-5;3-2(4,5)1-6/h6H,2-4H2,1H3;1H. The van der Waals surface area contributed by atoms with Crippen LogP contribution in [0.1, 0.15) is 6.42 Å². The molecule has 2 nitrogen and oxygen atoms in total. The number of halogens is 4. The second kappa shape index (κ2) is 8.99. The normalized spacial score (nSPS) is 10.1. The van der Waals surface area contributed by atoms with Crippen LogP contribution in [0.15, 0.2) is 0 Å². The van der Waals surface area contributed by atoms with Crippen molar-refractivity contribution in [2.75, 3.05) is 18.9 Å². The fraction of sp³-hybridized carbons (Fsp3) is 0.833. The summed E-state index contributed by atoms with van der Waals surface area (Å²) in [6.07, 6.45) is -4.48. The van der Waals surface area contributed by atoms with E-state index in [-0.39, 0.29) is 0 Å². The van der Waals surface area contributed by atoms with Crippen LogP contribution in [0.4, 0.5) is 13.2 Å². The number of nitrogens with one attached hydrogen (secondary N) is 1. The lowest BCUT2D eigenvalue weighted by molar-refractivity contribution is -0.156. The molecule has 0 bridgehead atoms. The van der Waals surface area contributed by atoms with Gasteiger partial charge < -0.3 is 5.32 Å². The van der Waals surface area contributed by atoms with Crippen LogP contribution in [0.2, 0.25) is 0 Å². The minimum absolute atomic E-state index is 1.06. The monoisotopic (exact) mass is 249 g/mol. The molecule has 0 rings (SSSR count). The Labute approximate surface area is 77.6 Å². The molecule has 0 spiro atoms. The van der Waals surface area contributed by atoms with E-state index < -0.39 is 12.5 Å². The zero-order chi connectivity index (χ0) is 10.0. The Morgan fingerprint density at radius 3 is 2.00 bits per heavy atom. The number of carbonyl (C=O) groups is 1. The van der Waals surface area contributed by atoms with Crippen LogP contribution in [0.3, 0.4) is 0 Å². The van der Waals surface area contributed by atoms with Crippen molar-refractivity contribution in [2.24, 2.45) is 0 Å². The van der Waals surface area contributed by atoms with Gasteiger partial charge in [0.2, 0.25) is 6.29 Å². The molecule has 74 valence electrons. The van der Waals surface area contributed by atoms with Crippen LogP contribution in [-0.4, -0.2) is 31.4 Å². The summed E-state index contributed by atoms with van der Waals surface area (Å²) in [7, 11) is 1.96. The minimum atomic E-state index is -4.64. The summed E-state index contributed by atoms with van der Waals surface area (Å²) in [4.78, 5) is 8.70. The molecule has 0 aliphatic heterocycles. The Morgan fingerprint density at radius 2 is 1.92 bits per heavy atom. The quantitative estimate of drug-likeness (QED) is 0.469. The van der Waals surface area contributed by atoms with E-state index in [0.29, 0.717) is 0 Å². The lowest BCUT2D eigenvalue weighted by Crippen LogP contribution is -2.07. The van der Waals surface area contributed by atoms with Crippen molar-refractivity contribution < 1.29 is 18.0 Å². The summed E-state index contributed by atoms with van der Waals surface area (Å²) < 4.78 is 31.2. The third-order valence-electron chi connectivity index (χ3n) is 0.694. The second-order valence-corrected chi connectivity index (χ2v) is 2.60. The topological polar surface area (TPSA) is 29.1 Å². The average Bonchev–Trinajstić information content (AvgIpc) is 2.01. The molecule has 0 aromatic rings. The molecule has 1 N–H and O–H groups in total. The maximum atomic E-state index is 10.4. The number of hydrogen-bond acceptors (Lipinski definition) is 2. The van der Waals surface area contributed by atoms with E-state index >= 15 is 0 Å². The summed E-state index contributed by atoms with van der Waals surface area (Å²) in [5, 5.41) is 4.14. The van der Waals surface area contributed by atoms with Gasteiger partial charge in [-0.3, -0.25) is 4.79 Å². The van der Waals surface area contributed by atoms with Crippen LogP contribution >= 0.6 is 15.9 Å². The Balaban J connectivity index is 0. The van der Waals surface area contributed by atoms with Gasteiger partial charge in [-0.2, -0.15) is 13.2 Å². The average molecular weight is 250 g/mol. The van der Waals surface area contributed by atoms with E-state index in [1.54, 1.807) is 0 Å². The third-order valence-corrected chi connectivity index (χ3v) is 1.25. The molecule has 0 saturated carbocycles. The van der Waals surface area contributed by atoms with Crippen molar-refractivity contribution in [3.8, 4) is 0 Å². The van der Waals surface area contributed by atoms with Gasteiger partial charge in [0, 0.05) is 5.33 Å². The second-order valence-electron chi connectivity index (χ2n) is 1.81. The largest absolute Gasteiger partial charge is 0.446 e. The van der Waals surface area contributed by atoms with Crippen molar-refractivity contribution >= 4 is 22.2 Å². The summed E-state index contributed by atoms with van der Waals surface area (Å²) in [6.45, 7) is 1.12. The maximum absolute atomic E-state index is 10.4. The Hall–Kier alpha value is -0.100. The fourth-order valence-corrected chi connectivity index (χ4v) is 0.524. The molecular weight excluding hydrogens is 239 g/mol. The summed E-state index contributed by atoms with van der Waals surface area (Å²) in [5.41, 5.74) is 0. The number of carbonyl (C=O) groups excluding carboxylic acids is 1. The molecule has 0 aromatic heterocycles. The Morgan fingerprint density at radius 1 is 1.50 bits per heavy atom. The molecular formula is C6H11BrF3NO. The lowest BCUT2D eigenvalue weighted by atomic mass is 10.5. The highest BCUT2D eigenvalue weighted by atomic mass is 79.9. The van der Waals surface area contributed by atoms with E-state index in [4.69, 9.17) is 4.79 Å². The first-order valence-corrected chi connectivity index (χ1v) is 4.33. The summed E-state index contributed by atoms with van der Waals surface area (Å²) >= 11 is 3.31. The van der Waals surface area contributed by atoms with Crippen LogP contribution in [0, 0.1) is 0 Å². The molecule has 0 aliphatic rings. The van der Waals surface area contributed by atoms with E-state index in [1.165, 1.54) is 6.42 Å². The molecule has 0 unspecified atom stereocenters. The molecule has 0 heterocycles. The number of aldehydes is 1. The molecule has 0 fully saturated rings. The van der Waals surface area contributed by atoms with Gasteiger partial charge in [0.25, 0.3) is 0 Å². The number of rotatable bonds is 3. The van der Waals surface area contributed by atoms with Gasteiger partial charge >= 0.3 is 6.18 Å². The predicted molar refractivity (Wildman–Crippen MR) is 44.5 cm³/mol. The molecule has 0 radical (unpaired) electrons. The smallest absolute Gasteiger partial charge is 0.320 e. The van der Waals surface area contributed by atoms with Gasteiger partial charge in [-0.1, -0.05) is 15.9 Å². The molecule has 0 atom stereocenters. The predicted octanol–water partition coefficient (Wildman–Crippen LogP) is 1.74. The number of hydrogen-bond donors (Lipinski definition) is 1. The minimum Gasteiger partial charge on any atom is -0.320 e. The van der Waals surface area contributed by atoms with E-state index in [9.17, 15) is 13.2 Å². The molecule has 0 amide bonds. The highest BCUT2D eigenvalue weighted by molar-refractivity contribution is 9.09. The zero-order valence-electron chi connectivity index (χ0n) is 6.62. The number of alkyl halides is 4. The van der Waals surface area contributed by atoms with Gasteiger partial charge in [0.15, 0.2) is 0 Å². The highest BCUT2D eigenvalue weighted by Crippen LogP contribution is 2.08. The molecule has 0 aromatic carbocycles. The van der Waals surface area contributed by atoms with Crippen LogP contribution in [0.5, 0.6) is 0 Å². The van der Waals surface area contributed by atoms with Crippen LogP contribution < -0.4 is 5.32 Å². The van der Waals surface area contributed by atoms with E-state index in [1.807, 2.05) is 7.05 Å². The SMILES string of the molecule is CNCCCBr.O=CC(F)(F)F. The van der Waals surface area contributed by atoms with Crippen LogP contribution in [-0.2, 0) is 4.79 Å². The van der Waals surface area contributed by atoms with E-state index in [2.05, 4.69) is 21.2 Å². The van der Waals surface area contributed by atoms with Crippen molar-refractivity contribution in [1.82, 2.24) is 5.32 Å². The first-order chi connectivity index (χ1) is 5.47. The summed E-state index contributed by atoms with van der Waals surface area (Å²) in [6, 6.07) is 0. The Kier molecular flexibility index (Phi) is 10.8. The maximum Gasteiger partial charge on any atom is 0.446 e. The van der Waals surface area contributed by atoms with Gasteiger partial charge in [0.1, 0.15) is 0 Å². The molecule has 0 aliphatic carbocycles. The lowest BCUT2D eigenvalue weighted by Gasteiger charge is -1.88. The van der Waals surface area contributed by atoms with Gasteiger partial charge in [-0.25, -0.2) is 0 Å². The van der Waals surface area contributed by atoms with E-state index in [0.717, 1.165) is 11.9 Å². The van der Waals surface area contributed by atoms with Crippen molar-refractivity contribution in [1.29, 1.82) is 0 Å². The first-order valence-electron chi connectivity index (χ1n) is 3.21. The van der Waals surface area contributed by atoms with Crippen LogP contribution in [0.25, 0.3) is 0 Å². The molecule has 12 heavy (non-hydrogen) atoms.